The fourth-order valence-electron chi connectivity index (χ4n) is 1.89. The van der Waals surface area contributed by atoms with Crippen molar-refractivity contribution in [1.29, 1.82) is 0 Å². The van der Waals surface area contributed by atoms with Gasteiger partial charge in [0.25, 0.3) is 0 Å². The highest BCUT2D eigenvalue weighted by Crippen LogP contribution is 2.25. The summed E-state index contributed by atoms with van der Waals surface area (Å²) in [5.74, 6) is 0.516. The van der Waals surface area contributed by atoms with Crippen molar-refractivity contribution in [3.05, 3.63) is 58.1 Å². The molecule has 20 heavy (non-hydrogen) atoms. The van der Waals surface area contributed by atoms with Gasteiger partial charge < -0.3 is 10.5 Å². The summed E-state index contributed by atoms with van der Waals surface area (Å²) in [4.78, 5) is 12.6. The Morgan fingerprint density at radius 1 is 1.25 bits per heavy atom. The lowest BCUT2D eigenvalue weighted by molar-refractivity contribution is 0.103. The van der Waals surface area contributed by atoms with E-state index in [1.807, 2.05) is 25.1 Å². The first kappa shape index (κ1) is 14.6. The van der Waals surface area contributed by atoms with E-state index in [0.717, 1.165) is 10.9 Å². The Bertz CT molecular complexity index is 605. The van der Waals surface area contributed by atoms with Crippen molar-refractivity contribution < 1.29 is 9.53 Å². The van der Waals surface area contributed by atoms with Crippen LogP contribution in [-0.4, -0.2) is 12.4 Å². The van der Waals surface area contributed by atoms with Crippen molar-refractivity contribution in [3.8, 4) is 5.75 Å². The molecule has 0 fully saturated rings. The van der Waals surface area contributed by atoms with Gasteiger partial charge in [-0.2, -0.15) is 0 Å². The summed E-state index contributed by atoms with van der Waals surface area (Å²) in [5.41, 5.74) is 7.43. The fourth-order valence-corrected chi connectivity index (χ4v) is 2.40. The van der Waals surface area contributed by atoms with Crippen LogP contribution in [0.25, 0.3) is 0 Å². The quantitative estimate of drug-likeness (QED) is 0.663. The third-order valence-electron chi connectivity index (χ3n) is 2.78. The number of hydrogen-bond acceptors (Lipinski definition) is 3. The highest BCUT2D eigenvalue weighted by Gasteiger charge is 2.15. The topological polar surface area (TPSA) is 52.3 Å². The lowest BCUT2D eigenvalue weighted by Gasteiger charge is -2.10. The standard InChI is InChI=1S/C16H16BrNO2/c1-2-7-20-15-6-4-3-5-14(15)16(19)11-8-12(17)10-13(18)9-11/h3-6,8-10H,2,7,18H2,1H3. The predicted octanol–water partition coefficient (Wildman–Crippen LogP) is 4.05. The van der Waals surface area contributed by atoms with Gasteiger partial charge in [0.05, 0.1) is 12.2 Å². The second kappa shape index (κ2) is 6.57. The van der Waals surface area contributed by atoms with Crippen LogP contribution in [0, 0.1) is 0 Å². The summed E-state index contributed by atoms with van der Waals surface area (Å²) in [5, 5.41) is 0. The van der Waals surface area contributed by atoms with Crippen molar-refractivity contribution in [2.45, 2.75) is 13.3 Å². The first-order valence-electron chi connectivity index (χ1n) is 6.44. The Balaban J connectivity index is 2.37. The van der Waals surface area contributed by atoms with Crippen LogP contribution in [-0.2, 0) is 0 Å². The molecule has 0 unspecified atom stereocenters. The number of nitrogens with two attached hydrogens (primary N) is 1. The van der Waals surface area contributed by atoms with Crippen LogP contribution in [0.3, 0.4) is 0 Å². The van der Waals surface area contributed by atoms with Gasteiger partial charge in [0, 0.05) is 15.7 Å². The third-order valence-corrected chi connectivity index (χ3v) is 3.23. The molecule has 0 radical (unpaired) electrons. The van der Waals surface area contributed by atoms with Crippen molar-refractivity contribution in [2.75, 3.05) is 12.3 Å². The monoisotopic (exact) mass is 333 g/mol. The number of benzene rings is 2. The maximum atomic E-state index is 12.6. The van der Waals surface area contributed by atoms with E-state index in [4.69, 9.17) is 10.5 Å². The molecule has 3 nitrogen and oxygen atoms in total. The Hall–Kier alpha value is -1.81. The molecule has 2 aromatic carbocycles. The van der Waals surface area contributed by atoms with E-state index in [1.54, 1.807) is 24.3 Å². The third kappa shape index (κ3) is 3.39. The molecule has 0 saturated carbocycles. The lowest BCUT2D eigenvalue weighted by Crippen LogP contribution is -2.06. The Kier molecular flexibility index (Phi) is 4.79. The van der Waals surface area contributed by atoms with Gasteiger partial charge in [-0.15, -0.1) is 0 Å². The molecule has 0 saturated heterocycles. The average Bonchev–Trinajstić information content (AvgIpc) is 2.43. The number of carbonyl (C=O) groups excluding carboxylic acids is 1. The van der Waals surface area contributed by atoms with Crippen LogP contribution < -0.4 is 10.5 Å². The molecular weight excluding hydrogens is 318 g/mol. The number of rotatable bonds is 5. The summed E-state index contributed by atoms with van der Waals surface area (Å²) in [6, 6.07) is 12.5. The molecule has 0 aromatic heterocycles. The van der Waals surface area contributed by atoms with Crippen molar-refractivity contribution >= 4 is 27.4 Å². The molecule has 104 valence electrons. The molecule has 0 spiro atoms. The molecule has 0 aliphatic carbocycles. The van der Waals surface area contributed by atoms with Crippen LogP contribution >= 0.6 is 15.9 Å². The summed E-state index contributed by atoms with van der Waals surface area (Å²) in [6.45, 7) is 2.62. The van der Waals surface area contributed by atoms with Gasteiger partial charge in [0.2, 0.25) is 0 Å². The highest BCUT2D eigenvalue weighted by atomic mass is 79.9. The van der Waals surface area contributed by atoms with Gasteiger partial charge in [0.1, 0.15) is 5.75 Å². The first-order valence-corrected chi connectivity index (χ1v) is 7.23. The summed E-state index contributed by atoms with van der Waals surface area (Å²) >= 11 is 3.35. The minimum absolute atomic E-state index is 0.0929. The van der Waals surface area contributed by atoms with E-state index < -0.39 is 0 Å². The molecule has 2 rings (SSSR count). The minimum atomic E-state index is -0.0929. The first-order chi connectivity index (χ1) is 9.61. The van der Waals surface area contributed by atoms with E-state index in [1.165, 1.54) is 0 Å². The van der Waals surface area contributed by atoms with Crippen LogP contribution in [0.4, 0.5) is 5.69 Å². The number of hydrogen-bond donors (Lipinski definition) is 1. The van der Waals surface area contributed by atoms with Crippen LogP contribution in [0.2, 0.25) is 0 Å². The molecular formula is C16H16BrNO2. The lowest BCUT2D eigenvalue weighted by atomic mass is 10.0. The average molecular weight is 334 g/mol. The van der Waals surface area contributed by atoms with Crippen LogP contribution in [0.15, 0.2) is 46.9 Å². The SMILES string of the molecule is CCCOc1ccccc1C(=O)c1cc(N)cc(Br)c1. The Morgan fingerprint density at radius 2 is 2.00 bits per heavy atom. The molecule has 0 aliphatic rings. The predicted molar refractivity (Wildman–Crippen MR) is 84.2 cm³/mol. The van der Waals surface area contributed by atoms with E-state index >= 15 is 0 Å². The smallest absolute Gasteiger partial charge is 0.196 e. The zero-order valence-electron chi connectivity index (χ0n) is 11.2. The van der Waals surface area contributed by atoms with Gasteiger partial charge >= 0.3 is 0 Å². The molecule has 4 heteroatoms. The molecule has 0 bridgehead atoms. The summed E-state index contributed by atoms with van der Waals surface area (Å²) < 4.78 is 6.41. The molecule has 2 aromatic rings. The van der Waals surface area contributed by atoms with Gasteiger partial charge in [-0.1, -0.05) is 35.0 Å². The second-order valence-corrected chi connectivity index (χ2v) is 5.36. The number of halogens is 1. The zero-order valence-corrected chi connectivity index (χ0v) is 12.8. The molecule has 0 amide bonds. The van der Waals surface area contributed by atoms with Gasteiger partial charge in [-0.3, -0.25) is 4.79 Å². The van der Waals surface area contributed by atoms with Crippen LogP contribution in [0.5, 0.6) is 5.75 Å². The maximum absolute atomic E-state index is 12.6. The highest BCUT2D eigenvalue weighted by molar-refractivity contribution is 9.10. The number of para-hydroxylation sites is 1. The normalized spacial score (nSPS) is 10.3. The number of nitrogen functional groups attached to an aromatic ring is 1. The van der Waals surface area contributed by atoms with Crippen molar-refractivity contribution in [2.24, 2.45) is 0 Å². The van der Waals surface area contributed by atoms with Gasteiger partial charge in [-0.05, 0) is 36.8 Å². The maximum Gasteiger partial charge on any atom is 0.196 e. The second-order valence-electron chi connectivity index (χ2n) is 4.45. The van der Waals surface area contributed by atoms with E-state index in [9.17, 15) is 4.79 Å². The number of ether oxygens (including phenoxy) is 1. The van der Waals surface area contributed by atoms with Gasteiger partial charge in [0.15, 0.2) is 5.78 Å². The fraction of sp³-hybridized carbons (Fsp3) is 0.188. The summed E-state index contributed by atoms with van der Waals surface area (Å²) in [6.07, 6.45) is 0.895. The Morgan fingerprint density at radius 3 is 2.70 bits per heavy atom. The summed E-state index contributed by atoms with van der Waals surface area (Å²) in [7, 11) is 0. The molecule has 0 heterocycles. The molecule has 2 N–H and O–H groups in total. The number of ketones is 1. The van der Waals surface area contributed by atoms with Crippen molar-refractivity contribution in [3.63, 3.8) is 0 Å². The number of anilines is 1. The number of carbonyl (C=O) groups is 1. The van der Waals surface area contributed by atoms with E-state index in [2.05, 4.69) is 15.9 Å². The van der Waals surface area contributed by atoms with Crippen molar-refractivity contribution in [1.82, 2.24) is 0 Å². The van der Waals surface area contributed by atoms with Gasteiger partial charge in [-0.25, -0.2) is 0 Å². The molecule has 0 aliphatic heterocycles. The zero-order chi connectivity index (χ0) is 14.5. The minimum Gasteiger partial charge on any atom is -0.493 e. The Labute approximate surface area is 126 Å². The molecule has 0 atom stereocenters. The van der Waals surface area contributed by atoms with E-state index in [-0.39, 0.29) is 5.78 Å². The van der Waals surface area contributed by atoms with Crippen LogP contribution in [0.1, 0.15) is 29.3 Å². The largest absolute Gasteiger partial charge is 0.493 e. The van der Waals surface area contributed by atoms with E-state index in [0.29, 0.717) is 29.2 Å².